The second kappa shape index (κ2) is 9.92. The van der Waals surface area contributed by atoms with E-state index >= 15 is 0 Å². The molecule has 4 aromatic rings. The summed E-state index contributed by atoms with van der Waals surface area (Å²) in [5.41, 5.74) is 3.78. The van der Waals surface area contributed by atoms with Crippen LogP contribution in [-0.4, -0.2) is 16.6 Å². The van der Waals surface area contributed by atoms with Crippen molar-refractivity contribution < 1.29 is 4.79 Å². The summed E-state index contributed by atoms with van der Waals surface area (Å²) in [6.07, 6.45) is 0. The zero-order valence-corrected chi connectivity index (χ0v) is 19.4. The normalized spacial score (nSPS) is 10.5. The number of benzene rings is 2. The summed E-state index contributed by atoms with van der Waals surface area (Å²) in [6.45, 7) is 0. The van der Waals surface area contributed by atoms with Gasteiger partial charge in [0.2, 0.25) is 5.91 Å². The van der Waals surface area contributed by atoms with Gasteiger partial charge in [-0.2, -0.15) is 5.26 Å². The highest BCUT2D eigenvalue weighted by Gasteiger charge is 2.17. The minimum absolute atomic E-state index is 0.149. The Bertz CT molecular complexity index is 1250. The summed E-state index contributed by atoms with van der Waals surface area (Å²) in [5, 5.41) is 15.3. The lowest BCUT2D eigenvalue weighted by Gasteiger charge is -2.12. The number of nitriles is 1. The minimum Gasteiger partial charge on any atom is -0.325 e. The first-order valence-electron chi connectivity index (χ1n) is 9.36. The summed E-state index contributed by atoms with van der Waals surface area (Å²) in [6, 6.07) is 25.5. The molecule has 7 heteroatoms. The topological polar surface area (TPSA) is 65.8 Å². The zero-order valence-electron chi connectivity index (χ0n) is 16.2. The number of nitrogens with one attached hydrogen (secondary N) is 1. The van der Waals surface area contributed by atoms with Crippen LogP contribution in [0.15, 0.2) is 87.7 Å². The first-order valence-corrected chi connectivity index (χ1v) is 12.0. The molecule has 0 saturated carbocycles. The first kappa shape index (κ1) is 21.3. The molecule has 0 unspecified atom stereocenters. The van der Waals surface area contributed by atoms with Crippen LogP contribution in [0.4, 0.5) is 5.69 Å². The number of hydrogen-bond acceptors (Lipinski definition) is 5. The average Bonchev–Trinajstić information content (AvgIpc) is 3.32. The van der Waals surface area contributed by atoms with E-state index in [1.807, 2.05) is 78.2 Å². The van der Waals surface area contributed by atoms with Gasteiger partial charge in [0.1, 0.15) is 11.1 Å². The quantitative estimate of drug-likeness (QED) is 0.291. The first-order chi connectivity index (χ1) is 15.1. The van der Waals surface area contributed by atoms with Gasteiger partial charge in [0.25, 0.3) is 0 Å². The zero-order chi connectivity index (χ0) is 21.6. The number of anilines is 1. The maximum Gasteiger partial charge on any atom is 0.234 e. The molecule has 0 atom stereocenters. The third-order valence-corrected chi connectivity index (χ3v) is 6.77. The summed E-state index contributed by atoms with van der Waals surface area (Å²) in [5.74, 6) is -0.00682. The molecule has 4 nitrogen and oxygen atoms in total. The van der Waals surface area contributed by atoms with Crippen molar-refractivity contribution in [1.82, 2.24) is 4.98 Å². The van der Waals surface area contributed by atoms with E-state index in [9.17, 15) is 10.1 Å². The van der Waals surface area contributed by atoms with E-state index in [4.69, 9.17) is 4.98 Å². The van der Waals surface area contributed by atoms with Gasteiger partial charge < -0.3 is 5.32 Å². The number of halogens is 1. The molecule has 31 heavy (non-hydrogen) atoms. The predicted molar refractivity (Wildman–Crippen MR) is 131 cm³/mol. The van der Waals surface area contributed by atoms with Crippen molar-refractivity contribution in [1.29, 1.82) is 5.26 Å². The number of nitrogens with zero attached hydrogens (tertiary/aromatic N) is 2. The highest BCUT2D eigenvalue weighted by atomic mass is 79.9. The van der Waals surface area contributed by atoms with Crippen molar-refractivity contribution >= 4 is 50.6 Å². The van der Waals surface area contributed by atoms with E-state index in [2.05, 4.69) is 27.3 Å². The Morgan fingerprint density at radius 2 is 1.94 bits per heavy atom. The lowest BCUT2D eigenvalue weighted by atomic mass is 10.0. The van der Waals surface area contributed by atoms with Crippen LogP contribution in [0, 0.1) is 11.3 Å². The summed E-state index contributed by atoms with van der Waals surface area (Å²) in [4.78, 5) is 18.2. The molecule has 2 aromatic heterocycles. The van der Waals surface area contributed by atoms with E-state index in [0.29, 0.717) is 16.3 Å². The molecular weight excluding hydrogens is 490 g/mol. The molecule has 0 aliphatic carbocycles. The van der Waals surface area contributed by atoms with Crippen LogP contribution in [0.3, 0.4) is 0 Å². The van der Waals surface area contributed by atoms with Gasteiger partial charge in [-0.05, 0) is 35.7 Å². The largest absolute Gasteiger partial charge is 0.325 e. The lowest BCUT2D eigenvalue weighted by molar-refractivity contribution is -0.113. The van der Waals surface area contributed by atoms with Crippen molar-refractivity contribution in [2.75, 3.05) is 11.1 Å². The van der Waals surface area contributed by atoms with Gasteiger partial charge in [-0.3, -0.25) is 4.79 Å². The molecule has 1 amide bonds. The standard InChI is InChI=1S/C24H16BrN3OS2/c25-17-8-4-9-18(12-17)27-23(29)15-31-24-20(14-26)19(22-10-5-11-30-22)13-21(28-24)16-6-2-1-3-7-16/h1-13H,15H2,(H,27,29). The van der Waals surface area contributed by atoms with Gasteiger partial charge >= 0.3 is 0 Å². The van der Waals surface area contributed by atoms with E-state index in [1.54, 1.807) is 11.3 Å². The average molecular weight is 506 g/mol. The van der Waals surface area contributed by atoms with E-state index in [-0.39, 0.29) is 11.7 Å². The highest BCUT2D eigenvalue weighted by molar-refractivity contribution is 9.10. The van der Waals surface area contributed by atoms with Crippen molar-refractivity contribution in [3.8, 4) is 27.8 Å². The van der Waals surface area contributed by atoms with Gasteiger partial charge in [0.05, 0.1) is 17.0 Å². The monoisotopic (exact) mass is 505 g/mol. The summed E-state index contributed by atoms with van der Waals surface area (Å²) >= 11 is 6.25. The van der Waals surface area contributed by atoms with Crippen LogP contribution in [0.5, 0.6) is 0 Å². The Morgan fingerprint density at radius 3 is 2.65 bits per heavy atom. The number of carbonyl (C=O) groups is 1. The smallest absolute Gasteiger partial charge is 0.234 e. The number of aromatic nitrogens is 1. The molecule has 0 radical (unpaired) electrons. The fourth-order valence-electron chi connectivity index (χ4n) is 3.01. The molecular formula is C24H16BrN3OS2. The molecule has 0 aliphatic heterocycles. The summed E-state index contributed by atoms with van der Waals surface area (Å²) < 4.78 is 0.891. The lowest BCUT2D eigenvalue weighted by Crippen LogP contribution is -2.14. The van der Waals surface area contributed by atoms with Crippen LogP contribution < -0.4 is 5.32 Å². The van der Waals surface area contributed by atoms with Gasteiger partial charge in [0.15, 0.2) is 0 Å². The van der Waals surface area contributed by atoms with Gasteiger partial charge in [0, 0.05) is 26.2 Å². The van der Waals surface area contributed by atoms with Crippen LogP contribution in [0.1, 0.15) is 5.56 Å². The van der Waals surface area contributed by atoms with Crippen LogP contribution in [0.25, 0.3) is 21.7 Å². The van der Waals surface area contributed by atoms with Gasteiger partial charge in [-0.15, -0.1) is 11.3 Å². The van der Waals surface area contributed by atoms with Crippen molar-refractivity contribution in [2.24, 2.45) is 0 Å². The molecule has 0 fully saturated rings. The number of thiophene rings is 1. The van der Waals surface area contributed by atoms with E-state index < -0.39 is 0 Å². The molecule has 0 aliphatic rings. The number of rotatable bonds is 6. The summed E-state index contributed by atoms with van der Waals surface area (Å²) in [7, 11) is 0. The van der Waals surface area contributed by atoms with E-state index in [0.717, 1.165) is 26.2 Å². The Labute approximate surface area is 197 Å². The Hall–Kier alpha value is -2.92. The van der Waals surface area contributed by atoms with Crippen LogP contribution in [-0.2, 0) is 4.79 Å². The second-order valence-corrected chi connectivity index (χ2v) is 9.36. The predicted octanol–water partition coefficient (Wildman–Crippen LogP) is 6.84. The maximum absolute atomic E-state index is 12.5. The molecule has 0 bridgehead atoms. The number of thioether (sulfide) groups is 1. The van der Waals surface area contributed by atoms with Crippen LogP contribution >= 0.6 is 39.0 Å². The molecule has 2 heterocycles. The minimum atomic E-state index is -0.156. The Kier molecular flexibility index (Phi) is 6.82. The van der Waals surface area contributed by atoms with Crippen molar-refractivity contribution in [3.63, 3.8) is 0 Å². The highest BCUT2D eigenvalue weighted by Crippen LogP contribution is 2.36. The van der Waals surface area contributed by atoms with Crippen molar-refractivity contribution in [3.05, 3.63) is 88.2 Å². The maximum atomic E-state index is 12.5. The molecule has 0 saturated heterocycles. The second-order valence-electron chi connectivity index (χ2n) is 6.54. The van der Waals surface area contributed by atoms with Gasteiger partial charge in [-0.25, -0.2) is 4.98 Å². The fourth-order valence-corrected chi connectivity index (χ4v) is 4.97. The molecule has 0 spiro atoms. The Morgan fingerprint density at radius 1 is 1.10 bits per heavy atom. The number of hydrogen-bond donors (Lipinski definition) is 1. The van der Waals surface area contributed by atoms with Crippen molar-refractivity contribution in [2.45, 2.75) is 5.03 Å². The third kappa shape index (κ3) is 5.23. The SMILES string of the molecule is N#Cc1c(-c2cccs2)cc(-c2ccccc2)nc1SCC(=O)Nc1cccc(Br)c1. The molecule has 152 valence electrons. The fraction of sp³-hybridized carbons (Fsp3) is 0.0417. The van der Waals surface area contributed by atoms with E-state index in [1.165, 1.54) is 11.8 Å². The number of amides is 1. The number of carbonyl (C=O) groups excluding carboxylic acids is 1. The van der Waals surface area contributed by atoms with Gasteiger partial charge in [-0.1, -0.05) is 70.2 Å². The number of pyridine rings is 1. The van der Waals surface area contributed by atoms with Crippen LogP contribution in [0.2, 0.25) is 0 Å². The Balaban J connectivity index is 1.65. The third-order valence-electron chi connectivity index (χ3n) is 4.40. The molecule has 4 rings (SSSR count). The molecule has 2 aromatic carbocycles. The molecule has 1 N–H and O–H groups in total.